The SMILES string of the molecule is C=C(/C=C(\C)c1cn2ccnc2c(Nc2ccc(N3CCC(N)C3)c(OC)c2)n1)NCC. The van der Waals surface area contributed by atoms with Gasteiger partial charge in [-0.1, -0.05) is 6.58 Å². The van der Waals surface area contributed by atoms with E-state index in [2.05, 4.69) is 33.2 Å². The van der Waals surface area contributed by atoms with Gasteiger partial charge in [-0.05, 0) is 44.1 Å². The monoisotopic (exact) mass is 433 g/mol. The van der Waals surface area contributed by atoms with Crippen molar-refractivity contribution in [3.8, 4) is 5.75 Å². The van der Waals surface area contributed by atoms with Gasteiger partial charge in [0.05, 0.1) is 18.5 Å². The lowest BCUT2D eigenvalue weighted by atomic mass is 10.2. The van der Waals surface area contributed by atoms with Gasteiger partial charge in [0.25, 0.3) is 0 Å². The maximum Gasteiger partial charge on any atom is 0.180 e. The number of methoxy groups -OCH3 is 1. The molecule has 0 bridgehead atoms. The van der Waals surface area contributed by atoms with Gasteiger partial charge in [0.2, 0.25) is 0 Å². The van der Waals surface area contributed by atoms with Crippen molar-refractivity contribution in [1.82, 2.24) is 19.7 Å². The van der Waals surface area contributed by atoms with Crippen LogP contribution in [0.3, 0.4) is 0 Å². The number of benzene rings is 1. The number of allylic oxidation sites excluding steroid dienone is 2. The summed E-state index contributed by atoms with van der Waals surface area (Å²) in [4.78, 5) is 11.6. The molecule has 3 heterocycles. The van der Waals surface area contributed by atoms with Crippen LogP contribution in [0.1, 0.15) is 26.0 Å². The van der Waals surface area contributed by atoms with Crippen molar-refractivity contribution in [3.05, 3.63) is 60.8 Å². The third kappa shape index (κ3) is 4.55. The normalized spacial score (nSPS) is 16.4. The minimum Gasteiger partial charge on any atom is -0.495 e. The van der Waals surface area contributed by atoms with Crippen LogP contribution in [0.15, 0.2) is 55.1 Å². The molecule has 1 fully saturated rings. The second kappa shape index (κ2) is 9.32. The number of likely N-dealkylation sites (N-methyl/N-ethyl adjacent to an activating group) is 1. The molecule has 1 atom stereocenters. The number of nitrogens with zero attached hydrogens (tertiary/aromatic N) is 4. The van der Waals surface area contributed by atoms with Crippen LogP contribution in [-0.4, -0.2) is 47.2 Å². The number of hydrogen-bond donors (Lipinski definition) is 3. The summed E-state index contributed by atoms with van der Waals surface area (Å²) in [6.07, 6.45) is 8.64. The smallest absolute Gasteiger partial charge is 0.180 e. The first-order valence-corrected chi connectivity index (χ1v) is 10.9. The molecule has 3 aromatic rings. The van der Waals surface area contributed by atoms with Crippen molar-refractivity contribution in [2.75, 3.05) is 37.0 Å². The molecule has 0 spiro atoms. The van der Waals surface area contributed by atoms with Gasteiger partial charge in [0.15, 0.2) is 11.5 Å². The molecule has 2 aromatic heterocycles. The largest absolute Gasteiger partial charge is 0.495 e. The van der Waals surface area contributed by atoms with Crippen molar-refractivity contribution < 1.29 is 4.74 Å². The first kappa shape index (κ1) is 21.7. The van der Waals surface area contributed by atoms with Crippen LogP contribution in [-0.2, 0) is 0 Å². The van der Waals surface area contributed by atoms with Crippen LogP contribution >= 0.6 is 0 Å². The number of rotatable bonds is 8. The van der Waals surface area contributed by atoms with Crippen molar-refractivity contribution in [3.63, 3.8) is 0 Å². The second-order valence-corrected chi connectivity index (χ2v) is 8.02. The Hall–Kier alpha value is -3.52. The van der Waals surface area contributed by atoms with E-state index in [1.807, 2.05) is 48.9 Å². The summed E-state index contributed by atoms with van der Waals surface area (Å²) in [6.45, 7) is 10.7. The van der Waals surface area contributed by atoms with E-state index >= 15 is 0 Å². The zero-order valence-corrected chi connectivity index (χ0v) is 18.9. The molecular formula is C24H31N7O. The fraction of sp³-hybridized carbons (Fsp3) is 0.333. The number of hydrogen-bond acceptors (Lipinski definition) is 7. The van der Waals surface area contributed by atoms with Crippen LogP contribution in [0.25, 0.3) is 11.2 Å². The molecule has 4 rings (SSSR count). The minimum absolute atomic E-state index is 0.207. The van der Waals surface area contributed by atoms with Gasteiger partial charge >= 0.3 is 0 Å². The zero-order chi connectivity index (χ0) is 22.7. The number of anilines is 3. The first-order valence-electron chi connectivity index (χ1n) is 10.9. The Kier molecular flexibility index (Phi) is 6.32. The molecule has 32 heavy (non-hydrogen) atoms. The van der Waals surface area contributed by atoms with Crippen molar-refractivity contribution in [1.29, 1.82) is 0 Å². The number of nitrogens with one attached hydrogen (secondary N) is 2. The Bertz CT molecular complexity index is 1150. The Morgan fingerprint density at radius 1 is 1.41 bits per heavy atom. The van der Waals surface area contributed by atoms with Gasteiger partial charge in [-0.25, -0.2) is 9.97 Å². The molecule has 4 N–H and O–H groups in total. The Labute approximate surface area is 188 Å². The molecule has 1 saturated heterocycles. The highest BCUT2D eigenvalue weighted by molar-refractivity contribution is 5.76. The highest BCUT2D eigenvalue weighted by Gasteiger charge is 2.22. The Morgan fingerprint density at radius 3 is 2.97 bits per heavy atom. The molecule has 1 aliphatic rings. The van der Waals surface area contributed by atoms with Gasteiger partial charge in [-0.2, -0.15) is 0 Å². The first-order chi connectivity index (χ1) is 15.5. The topological polar surface area (TPSA) is 92.7 Å². The Balaban J connectivity index is 1.65. The fourth-order valence-corrected chi connectivity index (χ4v) is 3.98. The van der Waals surface area contributed by atoms with Crippen LogP contribution in [0.5, 0.6) is 5.75 Å². The summed E-state index contributed by atoms with van der Waals surface area (Å²) in [5.41, 5.74) is 11.5. The molecule has 1 aromatic carbocycles. The van der Waals surface area contributed by atoms with Gasteiger partial charge in [-0.3, -0.25) is 0 Å². The summed E-state index contributed by atoms with van der Waals surface area (Å²) in [5.74, 6) is 1.48. The van der Waals surface area contributed by atoms with Gasteiger partial charge < -0.3 is 30.4 Å². The molecule has 1 aliphatic heterocycles. The third-order valence-electron chi connectivity index (χ3n) is 5.58. The summed E-state index contributed by atoms with van der Waals surface area (Å²) >= 11 is 0. The molecule has 0 aliphatic carbocycles. The highest BCUT2D eigenvalue weighted by Crippen LogP contribution is 2.34. The van der Waals surface area contributed by atoms with E-state index in [4.69, 9.17) is 15.5 Å². The summed E-state index contributed by atoms with van der Waals surface area (Å²) in [6, 6.07) is 6.30. The van der Waals surface area contributed by atoms with E-state index in [0.29, 0.717) is 5.82 Å². The number of nitrogens with two attached hydrogens (primary N) is 1. The molecule has 168 valence electrons. The standard InChI is InChI=1S/C24H31N7O/c1-5-26-17(3)12-16(2)20-15-31-11-9-27-24(31)23(29-20)28-19-6-7-21(22(13-19)32-4)30-10-8-18(25)14-30/h6-7,9,11-13,15,18,26H,3,5,8,10,14,25H2,1-2,4H3,(H,28,29)/b16-12+. The zero-order valence-electron chi connectivity index (χ0n) is 18.9. The highest BCUT2D eigenvalue weighted by atomic mass is 16.5. The van der Waals surface area contributed by atoms with E-state index in [-0.39, 0.29) is 6.04 Å². The van der Waals surface area contributed by atoms with Crippen molar-refractivity contribution >= 4 is 28.4 Å². The number of fused-ring (bicyclic) bond motifs is 1. The summed E-state index contributed by atoms with van der Waals surface area (Å²) in [7, 11) is 1.69. The molecule has 0 amide bonds. The van der Waals surface area contributed by atoms with Gasteiger partial charge in [0.1, 0.15) is 5.75 Å². The lowest BCUT2D eigenvalue weighted by Gasteiger charge is -2.21. The predicted octanol–water partition coefficient (Wildman–Crippen LogP) is 3.55. The van der Waals surface area contributed by atoms with E-state index in [0.717, 1.165) is 65.8 Å². The fourth-order valence-electron chi connectivity index (χ4n) is 3.98. The molecular weight excluding hydrogens is 402 g/mol. The number of ether oxygens (including phenoxy) is 1. The molecule has 0 saturated carbocycles. The molecule has 8 heteroatoms. The Morgan fingerprint density at radius 2 is 2.25 bits per heavy atom. The summed E-state index contributed by atoms with van der Waals surface area (Å²) < 4.78 is 7.65. The van der Waals surface area contributed by atoms with E-state index in [1.54, 1.807) is 13.3 Å². The lowest BCUT2D eigenvalue weighted by Crippen LogP contribution is -2.26. The van der Waals surface area contributed by atoms with E-state index < -0.39 is 0 Å². The number of imidazole rings is 1. The molecule has 1 unspecified atom stereocenters. The third-order valence-corrected chi connectivity index (χ3v) is 5.58. The van der Waals surface area contributed by atoms with Crippen LogP contribution in [0.2, 0.25) is 0 Å². The second-order valence-electron chi connectivity index (χ2n) is 8.02. The van der Waals surface area contributed by atoms with E-state index in [1.165, 1.54) is 0 Å². The van der Waals surface area contributed by atoms with Crippen molar-refractivity contribution in [2.45, 2.75) is 26.3 Å². The molecule has 8 nitrogen and oxygen atoms in total. The van der Waals surface area contributed by atoms with Gasteiger partial charge in [0, 0.05) is 61.7 Å². The van der Waals surface area contributed by atoms with Gasteiger partial charge in [-0.15, -0.1) is 0 Å². The average molecular weight is 434 g/mol. The van der Waals surface area contributed by atoms with Crippen LogP contribution in [0.4, 0.5) is 17.2 Å². The van der Waals surface area contributed by atoms with E-state index in [9.17, 15) is 0 Å². The summed E-state index contributed by atoms with van der Waals surface area (Å²) in [5, 5.41) is 6.64. The lowest BCUT2D eigenvalue weighted by molar-refractivity contribution is 0.415. The number of aromatic nitrogens is 3. The maximum absolute atomic E-state index is 6.09. The van der Waals surface area contributed by atoms with Crippen molar-refractivity contribution in [2.24, 2.45) is 5.73 Å². The predicted molar refractivity (Wildman–Crippen MR) is 131 cm³/mol. The van der Waals surface area contributed by atoms with Crippen LogP contribution in [0, 0.1) is 0 Å². The average Bonchev–Trinajstić information content (AvgIpc) is 3.42. The maximum atomic E-state index is 6.09. The minimum atomic E-state index is 0.207. The quantitative estimate of drug-likeness (QED) is 0.468. The van der Waals surface area contributed by atoms with Crippen LogP contribution < -0.4 is 26.0 Å². The molecule has 0 radical (unpaired) electrons.